The monoisotopic (exact) mass is 284 g/mol. The molecule has 0 aliphatic carbocycles. The van der Waals surface area contributed by atoms with Crippen molar-refractivity contribution in [3.63, 3.8) is 0 Å². The number of hydrogen-bond donors (Lipinski definition) is 1. The average molecular weight is 285 g/mol. The summed E-state index contributed by atoms with van der Waals surface area (Å²) in [6.45, 7) is 0.933. The van der Waals surface area contributed by atoms with Crippen LogP contribution in [-0.4, -0.2) is 18.0 Å². The zero-order valence-electron chi connectivity index (χ0n) is 9.85. The number of carbonyl (C=O) groups excluding carboxylic acids is 1. The Bertz CT molecular complexity index is 510. The first-order valence-corrected chi connectivity index (χ1v) is 6.60. The van der Waals surface area contributed by atoms with Crippen LogP contribution in [0.3, 0.4) is 0 Å². The third-order valence-electron chi connectivity index (χ3n) is 2.36. The number of halogens is 1. The molecular formula is C12H13ClN2O2S. The Morgan fingerprint density at radius 3 is 2.94 bits per heavy atom. The van der Waals surface area contributed by atoms with Crippen molar-refractivity contribution in [2.24, 2.45) is 0 Å². The molecule has 2 aromatic rings. The summed E-state index contributed by atoms with van der Waals surface area (Å²) in [5.74, 6) is 0.732. The molecule has 96 valence electrons. The number of carbonyl (C=O) groups is 1. The second-order valence-corrected chi connectivity index (χ2v) is 5.60. The molecule has 4 nitrogen and oxygen atoms in total. The van der Waals surface area contributed by atoms with E-state index in [0.29, 0.717) is 13.1 Å². The Balaban J connectivity index is 1.81. The molecule has 0 bridgehead atoms. The first-order valence-electron chi connectivity index (χ1n) is 5.40. The Kier molecular flexibility index (Phi) is 4.28. The summed E-state index contributed by atoms with van der Waals surface area (Å²) in [7, 11) is 1.74. The highest BCUT2D eigenvalue weighted by molar-refractivity contribution is 7.16. The number of thiophene rings is 1. The van der Waals surface area contributed by atoms with Crippen molar-refractivity contribution in [3.8, 4) is 0 Å². The van der Waals surface area contributed by atoms with Gasteiger partial charge in [-0.1, -0.05) is 11.6 Å². The number of rotatable bonds is 4. The van der Waals surface area contributed by atoms with E-state index in [1.807, 2.05) is 18.2 Å². The van der Waals surface area contributed by atoms with E-state index in [1.165, 1.54) is 11.3 Å². The fourth-order valence-corrected chi connectivity index (χ4v) is 2.59. The molecule has 0 aromatic carbocycles. The van der Waals surface area contributed by atoms with E-state index < -0.39 is 0 Å². The Morgan fingerprint density at radius 2 is 2.33 bits per heavy atom. The molecule has 0 saturated heterocycles. The molecule has 0 aliphatic heterocycles. The van der Waals surface area contributed by atoms with Gasteiger partial charge in [0.1, 0.15) is 5.76 Å². The Hall–Kier alpha value is -1.46. The van der Waals surface area contributed by atoms with Crippen LogP contribution in [0, 0.1) is 0 Å². The predicted octanol–water partition coefficient (Wildman–Crippen LogP) is 3.34. The van der Waals surface area contributed by atoms with E-state index in [2.05, 4.69) is 5.32 Å². The SMILES string of the molecule is CN(Cc1ccc(Cl)s1)C(=O)NCc1ccco1. The summed E-state index contributed by atoms with van der Waals surface area (Å²) in [4.78, 5) is 14.4. The van der Waals surface area contributed by atoms with Gasteiger partial charge in [-0.3, -0.25) is 0 Å². The van der Waals surface area contributed by atoms with Gasteiger partial charge in [0.15, 0.2) is 0 Å². The molecule has 1 N–H and O–H groups in total. The lowest BCUT2D eigenvalue weighted by Gasteiger charge is -2.16. The fourth-order valence-electron chi connectivity index (χ4n) is 1.45. The van der Waals surface area contributed by atoms with Crippen molar-refractivity contribution in [3.05, 3.63) is 45.5 Å². The van der Waals surface area contributed by atoms with Gasteiger partial charge in [0, 0.05) is 11.9 Å². The highest BCUT2D eigenvalue weighted by atomic mass is 35.5. The van der Waals surface area contributed by atoms with Crippen LogP contribution in [0.15, 0.2) is 34.9 Å². The molecule has 0 spiro atoms. The number of furan rings is 1. The first-order chi connectivity index (χ1) is 8.65. The summed E-state index contributed by atoms with van der Waals surface area (Å²) in [6, 6.07) is 7.22. The largest absolute Gasteiger partial charge is 0.467 e. The van der Waals surface area contributed by atoms with Crippen molar-refractivity contribution >= 4 is 29.0 Å². The maximum atomic E-state index is 11.8. The highest BCUT2D eigenvalue weighted by Gasteiger charge is 2.10. The van der Waals surface area contributed by atoms with E-state index in [0.717, 1.165) is 15.0 Å². The molecule has 18 heavy (non-hydrogen) atoms. The van der Waals surface area contributed by atoms with Gasteiger partial charge in [0.05, 0.1) is 23.7 Å². The molecule has 2 amide bonds. The zero-order chi connectivity index (χ0) is 13.0. The lowest BCUT2D eigenvalue weighted by Crippen LogP contribution is -2.36. The van der Waals surface area contributed by atoms with Crippen LogP contribution in [0.5, 0.6) is 0 Å². The molecule has 2 rings (SSSR count). The third kappa shape index (κ3) is 3.51. The smallest absolute Gasteiger partial charge is 0.317 e. The molecule has 0 unspecified atom stereocenters. The van der Waals surface area contributed by atoms with Gasteiger partial charge in [-0.25, -0.2) is 4.79 Å². The van der Waals surface area contributed by atoms with Crippen LogP contribution in [0.1, 0.15) is 10.6 Å². The quantitative estimate of drug-likeness (QED) is 0.936. The summed E-state index contributed by atoms with van der Waals surface area (Å²) < 4.78 is 5.87. The Morgan fingerprint density at radius 1 is 1.50 bits per heavy atom. The van der Waals surface area contributed by atoms with Gasteiger partial charge in [-0.2, -0.15) is 0 Å². The molecular weight excluding hydrogens is 272 g/mol. The van der Waals surface area contributed by atoms with E-state index in [1.54, 1.807) is 24.3 Å². The van der Waals surface area contributed by atoms with Crippen LogP contribution in [-0.2, 0) is 13.1 Å². The second-order valence-electron chi connectivity index (χ2n) is 3.80. The molecule has 0 saturated carbocycles. The van der Waals surface area contributed by atoms with Gasteiger partial charge >= 0.3 is 6.03 Å². The minimum absolute atomic E-state index is 0.143. The molecule has 2 heterocycles. The molecule has 0 atom stereocenters. The maximum Gasteiger partial charge on any atom is 0.317 e. The van der Waals surface area contributed by atoms with Crippen LogP contribution in [0.4, 0.5) is 4.79 Å². The number of nitrogens with zero attached hydrogens (tertiary/aromatic N) is 1. The summed E-state index contributed by atoms with van der Waals surface area (Å²) in [5, 5.41) is 2.78. The van der Waals surface area contributed by atoms with E-state index >= 15 is 0 Å². The second kappa shape index (κ2) is 5.93. The first kappa shape index (κ1) is 13.0. The van der Waals surface area contributed by atoms with E-state index in [4.69, 9.17) is 16.0 Å². The van der Waals surface area contributed by atoms with Crippen LogP contribution in [0.2, 0.25) is 4.34 Å². The van der Waals surface area contributed by atoms with Crippen LogP contribution in [0.25, 0.3) is 0 Å². The molecule has 0 aliphatic rings. The summed E-state index contributed by atoms with van der Waals surface area (Å²) in [6.07, 6.45) is 1.58. The van der Waals surface area contributed by atoms with Crippen molar-refractivity contribution in [2.75, 3.05) is 7.05 Å². The molecule has 0 radical (unpaired) electrons. The van der Waals surface area contributed by atoms with Gasteiger partial charge in [-0.05, 0) is 24.3 Å². The van der Waals surface area contributed by atoms with Gasteiger partial charge in [0.25, 0.3) is 0 Å². The number of hydrogen-bond acceptors (Lipinski definition) is 3. The van der Waals surface area contributed by atoms with E-state index in [9.17, 15) is 4.79 Å². The Labute approximate surface area is 114 Å². The topological polar surface area (TPSA) is 45.5 Å². The average Bonchev–Trinajstić information content (AvgIpc) is 2.97. The summed E-state index contributed by atoms with van der Waals surface area (Å²) in [5.41, 5.74) is 0. The van der Waals surface area contributed by atoms with Gasteiger partial charge in [0.2, 0.25) is 0 Å². The number of nitrogens with one attached hydrogen (secondary N) is 1. The molecule has 6 heteroatoms. The minimum atomic E-state index is -0.143. The third-order valence-corrected chi connectivity index (χ3v) is 3.58. The predicted molar refractivity (Wildman–Crippen MR) is 71.7 cm³/mol. The molecule has 0 fully saturated rings. The number of amides is 2. The highest BCUT2D eigenvalue weighted by Crippen LogP contribution is 2.22. The fraction of sp³-hybridized carbons (Fsp3) is 0.250. The number of urea groups is 1. The van der Waals surface area contributed by atoms with Crippen molar-refractivity contribution in [1.29, 1.82) is 0 Å². The van der Waals surface area contributed by atoms with Crippen LogP contribution < -0.4 is 5.32 Å². The lowest BCUT2D eigenvalue weighted by atomic mass is 10.4. The minimum Gasteiger partial charge on any atom is -0.467 e. The maximum absolute atomic E-state index is 11.8. The van der Waals surface area contributed by atoms with Crippen molar-refractivity contribution < 1.29 is 9.21 Å². The van der Waals surface area contributed by atoms with Crippen LogP contribution >= 0.6 is 22.9 Å². The lowest BCUT2D eigenvalue weighted by molar-refractivity contribution is 0.206. The normalized spacial score (nSPS) is 10.3. The van der Waals surface area contributed by atoms with Crippen molar-refractivity contribution in [2.45, 2.75) is 13.1 Å². The van der Waals surface area contributed by atoms with Gasteiger partial charge in [-0.15, -0.1) is 11.3 Å². The zero-order valence-corrected chi connectivity index (χ0v) is 11.4. The molecule has 2 aromatic heterocycles. The van der Waals surface area contributed by atoms with E-state index in [-0.39, 0.29) is 6.03 Å². The standard InChI is InChI=1S/C12H13ClN2O2S/c1-15(8-10-4-5-11(13)18-10)12(16)14-7-9-3-2-6-17-9/h2-6H,7-8H2,1H3,(H,14,16). The van der Waals surface area contributed by atoms with Gasteiger partial charge < -0.3 is 14.6 Å². The summed E-state index contributed by atoms with van der Waals surface area (Å²) >= 11 is 7.31. The van der Waals surface area contributed by atoms with Crippen molar-refractivity contribution in [1.82, 2.24) is 10.2 Å².